The molecule has 1 aliphatic heterocycles. The number of carbonyl (C=O) groups excluding carboxylic acids is 4. The van der Waals surface area contributed by atoms with Crippen molar-refractivity contribution in [1.82, 2.24) is 15.6 Å². The summed E-state index contributed by atoms with van der Waals surface area (Å²) in [7, 11) is 0. The molecule has 1 fully saturated rings. The first-order valence-electron chi connectivity index (χ1n) is 13.2. The van der Waals surface area contributed by atoms with Crippen LogP contribution in [0.2, 0.25) is 5.15 Å². The summed E-state index contributed by atoms with van der Waals surface area (Å²) in [6, 6.07) is 6.73. The molecule has 2 heterocycles. The number of Topliss-reactive ketones (excluding diaryl/α,β-unsaturated/α-hetero) is 1. The van der Waals surface area contributed by atoms with Crippen molar-refractivity contribution < 1.29 is 49.9 Å². The Bertz CT molecular complexity index is 1690. The average Bonchev–Trinajstić information content (AvgIpc) is 3.76. The molecular weight excluding hydrogens is 637 g/mol. The van der Waals surface area contributed by atoms with E-state index in [0.29, 0.717) is 12.1 Å². The molecule has 3 amide bonds. The van der Waals surface area contributed by atoms with Gasteiger partial charge in [-0.05, 0) is 60.9 Å². The summed E-state index contributed by atoms with van der Waals surface area (Å²) < 4.78 is 95.2. The first-order valence-corrected chi connectivity index (χ1v) is 13.5. The highest BCUT2D eigenvalue weighted by Gasteiger charge is 2.53. The largest absolute Gasteiger partial charge is 0.416 e. The van der Waals surface area contributed by atoms with Crippen LogP contribution < -0.4 is 15.5 Å². The number of alkyl halides is 6. The molecular formula is C29H20ClF7N4O4. The minimum atomic E-state index is -5.14. The van der Waals surface area contributed by atoms with Crippen LogP contribution in [0.4, 0.5) is 36.4 Å². The van der Waals surface area contributed by atoms with Crippen molar-refractivity contribution in [3.05, 3.63) is 93.5 Å². The number of carbonyl (C=O) groups is 4. The molecule has 236 valence electrons. The molecule has 2 N–H and O–H groups in total. The topological polar surface area (TPSA) is 108 Å². The van der Waals surface area contributed by atoms with Gasteiger partial charge in [0.25, 0.3) is 5.91 Å². The summed E-state index contributed by atoms with van der Waals surface area (Å²) >= 11 is 5.73. The summed E-state index contributed by atoms with van der Waals surface area (Å²) in [6.45, 7) is -0.815. The van der Waals surface area contributed by atoms with Gasteiger partial charge < -0.3 is 15.5 Å². The molecule has 8 nitrogen and oxygen atoms in total. The van der Waals surface area contributed by atoms with Crippen LogP contribution in [-0.4, -0.2) is 40.1 Å². The van der Waals surface area contributed by atoms with E-state index in [2.05, 4.69) is 15.6 Å². The normalized spacial score (nSPS) is 17.8. The van der Waals surface area contributed by atoms with Crippen LogP contribution >= 0.6 is 11.6 Å². The number of rotatable bonds is 6. The van der Waals surface area contributed by atoms with E-state index in [1.165, 1.54) is 24.3 Å². The number of ketones is 1. The number of fused-ring (bicyclic) bond motifs is 1. The molecule has 0 bridgehead atoms. The highest BCUT2D eigenvalue weighted by atomic mass is 35.5. The third-order valence-electron chi connectivity index (χ3n) is 7.31. The number of anilines is 1. The Balaban J connectivity index is 1.45. The molecule has 2 aliphatic rings. The predicted octanol–water partition coefficient (Wildman–Crippen LogP) is 5.48. The average molecular weight is 657 g/mol. The number of amides is 3. The van der Waals surface area contributed by atoms with Crippen LogP contribution in [0.1, 0.15) is 56.8 Å². The lowest BCUT2D eigenvalue weighted by Crippen LogP contribution is -2.55. The number of hydrogen-bond acceptors (Lipinski definition) is 5. The first kappa shape index (κ1) is 31.9. The van der Waals surface area contributed by atoms with Crippen molar-refractivity contribution in [2.75, 3.05) is 4.90 Å². The number of nitrogens with one attached hydrogen (secondary N) is 2. The van der Waals surface area contributed by atoms with Gasteiger partial charge in [-0.2, -0.15) is 26.3 Å². The van der Waals surface area contributed by atoms with Crippen molar-refractivity contribution in [3.8, 4) is 0 Å². The van der Waals surface area contributed by atoms with Gasteiger partial charge in [0.05, 0.1) is 23.4 Å². The second kappa shape index (κ2) is 11.4. The molecule has 0 unspecified atom stereocenters. The molecule has 0 spiro atoms. The number of nitrogens with zero attached hydrogens (tertiary/aromatic N) is 2. The number of benzene rings is 2. The lowest BCUT2D eigenvalue weighted by atomic mass is 10.0. The fourth-order valence-electron chi connectivity index (χ4n) is 4.89. The molecule has 0 radical (unpaired) electrons. The molecule has 1 atom stereocenters. The minimum Gasteiger partial charge on any atom is -0.342 e. The zero-order valence-corrected chi connectivity index (χ0v) is 23.4. The summed E-state index contributed by atoms with van der Waals surface area (Å²) in [6.07, 6.45) is -10.8. The van der Waals surface area contributed by atoms with Crippen molar-refractivity contribution in [2.24, 2.45) is 0 Å². The van der Waals surface area contributed by atoms with Gasteiger partial charge in [0.2, 0.25) is 11.8 Å². The van der Waals surface area contributed by atoms with Crippen LogP contribution in [0.25, 0.3) is 0 Å². The van der Waals surface area contributed by atoms with Gasteiger partial charge in [0.1, 0.15) is 16.7 Å². The smallest absolute Gasteiger partial charge is 0.342 e. The molecule has 5 rings (SSSR count). The van der Waals surface area contributed by atoms with Gasteiger partial charge in [0, 0.05) is 12.0 Å². The van der Waals surface area contributed by atoms with Crippen molar-refractivity contribution >= 4 is 40.8 Å². The van der Waals surface area contributed by atoms with Gasteiger partial charge in [-0.25, -0.2) is 9.37 Å². The fourth-order valence-corrected chi connectivity index (χ4v) is 5.04. The third kappa shape index (κ3) is 6.62. The van der Waals surface area contributed by atoms with Gasteiger partial charge >= 0.3 is 12.4 Å². The second-order valence-corrected chi connectivity index (χ2v) is 10.9. The van der Waals surface area contributed by atoms with Gasteiger partial charge in [0.15, 0.2) is 17.3 Å². The molecule has 1 saturated carbocycles. The van der Waals surface area contributed by atoms with Crippen LogP contribution in [0.5, 0.6) is 0 Å². The molecule has 1 aliphatic carbocycles. The zero-order valence-electron chi connectivity index (χ0n) is 22.7. The van der Waals surface area contributed by atoms with E-state index >= 15 is 0 Å². The SMILES string of the molecule is O=C1C[C@@H](NC(=O)C2(NC(=O)c3nc(Cl)ccc3F)CC2)C(=O)N(Cc2cc(C(F)(F)F)cc(C(F)(F)F)c2)c2ccccc21. The van der Waals surface area contributed by atoms with Crippen LogP contribution in [0, 0.1) is 5.82 Å². The van der Waals surface area contributed by atoms with E-state index in [1.54, 1.807) is 0 Å². The Labute approximate surface area is 254 Å². The maximum Gasteiger partial charge on any atom is 0.416 e. The number of para-hydroxylation sites is 1. The standard InChI is InChI=1S/C29H20ClF7N4O4/c30-22-6-5-18(31)23(39-22)24(43)40-27(7-8-27)26(45)38-19-12-21(42)17-3-1-2-4-20(17)41(25(19)44)13-14-9-15(28(32,33)34)11-16(10-14)29(35,36)37/h1-6,9-11,19H,7-8,12-13H2,(H,38,45)(H,40,43)/t19-/m1/s1. The number of hydrogen-bond donors (Lipinski definition) is 2. The van der Waals surface area contributed by atoms with E-state index in [9.17, 15) is 49.9 Å². The molecule has 0 saturated heterocycles. The van der Waals surface area contributed by atoms with Crippen LogP contribution in [-0.2, 0) is 28.5 Å². The second-order valence-electron chi connectivity index (χ2n) is 10.5. The number of pyridine rings is 1. The third-order valence-corrected chi connectivity index (χ3v) is 7.52. The van der Waals surface area contributed by atoms with Crippen molar-refractivity contribution in [2.45, 2.75) is 49.7 Å². The summed E-state index contributed by atoms with van der Waals surface area (Å²) in [4.78, 5) is 57.4. The van der Waals surface area contributed by atoms with Gasteiger partial charge in [-0.3, -0.25) is 19.2 Å². The van der Waals surface area contributed by atoms with E-state index in [-0.39, 0.29) is 35.3 Å². The fraction of sp³-hybridized carbons (Fsp3) is 0.276. The first-order chi connectivity index (χ1) is 21.0. The number of aromatic nitrogens is 1. The van der Waals surface area contributed by atoms with Crippen LogP contribution in [0.3, 0.4) is 0 Å². The van der Waals surface area contributed by atoms with Crippen molar-refractivity contribution in [1.29, 1.82) is 0 Å². The lowest BCUT2D eigenvalue weighted by molar-refractivity contribution is -0.143. The number of halogens is 8. The highest BCUT2D eigenvalue weighted by molar-refractivity contribution is 6.29. The molecule has 1 aromatic heterocycles. The molecule has 45 heavy (non-hydrogen) atoms. The Hall–Kier alpha value is -4.53. The monoisotopic (exact) mass is 656 g/mol. The maximum absolute atomic E-state index is 14.2. The molecule has 2 aromatic carbocycles. The van der Waals surface area contributed by atoms with E-state index < -0.39 is 88.6 Å². The van der Waals surface area contributed by atoms with E-state index in [1.807, 2.05) is 0 Å². The van der Waals surface area contributed by atoms with E-state index in [4.69, 9.17) is 11.6 Å². The van der Waals surface area contributed by atoms with E-state index in [0.717, 1.165) is 17.0 Å². The Morgan fingerprint density at radius 2 is 1.58 bits per heavy atom. The Morgan fingerprint density at radius 1 is 0.956 bits per heavy atom. The summed E-state index contributed by atoms with van der Waals surface area (Å²) in [5.41, 5.74) is -6.18. The molecule has 16 heteroatoms. The summed E-state index contributed by atoms with van der Waals surface area (Å²) in [5, 5.41) is 4.54. The predicted molar refractivity (Wildman–Crippen MR) is 144 cm³/mol. The maximum atomic E-state index is 14.2. The van der Waals surface area contributed by atoms with Gasteiger partial charge in [-0.1, -0.05) is 23.7 Å². The molecule has 3 aromatic rings. The van der Waals surface area contributed by atoms with Crippen molar-refractivity contribution in [3.63, 3.8) is 0 Å². The lowest BCUT2D eigenvalue weighted by Gasteiger charge is -2.28. The van der Waals surface area contributed by atoms with Gasteiger partial charge in [-0.15, -0.1) is 0 Å². The quantitative estimate of drug-likeness (QED) is 0.270. The Morgan fingerprint density at radius 3 is 2.18 bits per heavy atom. The Kier molecular flexibility index (Phi) is 8.10. The van der Waals surface area contributed by atoms with Crippen LogP contribution in [0.15, 0.2) is 54.6 Å². The summed E-state index contributed by atoms with van der Waals surface area (Å²) in [5.74, 6) is -4.67. The zero-order chi connectivity index (χ0) is 32.9. The highest BCUT2D eigenvalue weighted by Crippen LogP contribution is 2.39. The minimum absolute atomic E-state index is 0.0532.